The molecule has 0 heterocycles. The van der Waals surface area contributed by atoms with Gasteiger partial charge >= 0.3 is 0 Å². The average molecular weight is 468 g/mol. The van der Waals surface area contributed by atoms with Crippen molar-refractivity contribution in [3.63, 3.8) is 0 Å². The minimum Gasteiger partial charge on any atom is -0.385 e. The van der Waals surface area contributed by atoms with E-state index in [1.54, 1.807) is 51.1 Å². The van der Waals surface area contributed by atoms with Gasteiger partial charge in [0.15, 0.2) is 0 Å². The predicted molar refractivity (Wildman–Crippen MR) is 129 cm³/mol. The van der Waals surface area contributed by atoms with Crippen LogP contribution < -0.4 is 16.0 Å². The second-order valence-corrected chi connectivity index (χ2v) is 8.99. The Morgan fingerprint density at radius 1 is 0.853 bits per heavy atom. The van der Waals surface area contributed by atoms with Gasteiger partial charge < -0.3 is 20.7 Å². The fraction of sp³-hybridized carbons (Fsp3) is 0.385. The molecule has 2 atom stereocenters. The van der Waals surface area contributed by atoms with Crippen molar-refractivity contribution in [1.82, 2.24) is 16.0 Å². The molecule has 8 nitrogen and oxygen atoms in total. The summed E-state index contributed by atoms with van der Waals surface area (Å²) in [5, 5.41) is 8.02. The van der Waals surface area contributed by atoms with E-state index in [9.17, 15) is 19.2 Å². The Balaban J connectivity index is 2.22. The molecule has 0 radical (unpaired) electrons. The van der Waals surface area contributed by atoms with Crippen LogP contribution in [0.1, 0.15) is 43.1 Å². The smallest absolute Gasteiger partial charge is 0.290 e. The van der Waals surface area contributed by atoms with Crippen LogP contribution >= 0.6 is 0 Å². The Bertz CT molecular complexity index is 971. The van der Waals surface area contributed by atoms with Gasteiger partial charge in [-0.3, -0.25) is 19.2 Å². The first-order valence-corrected chi connectivity index (χ1v) is 11.2. The van der Waals surface area contributed by atoms with Crippen molar-refractivity contribution >= 4 is 23.5 Å². The molecule has 3 N–H and O–H groups in total. The van der Waals surface area contributed by atoms with Crippen LogP contribution in [-0.2, 0) is 25.5 Å². The first-order valence-electron chi connectivity index (χ1n) is 11.2. The summed E-state index contributed by atoms with van der Waals surface area (Å²) in [5.41, 5.74) is 0.573. The lowest BCUT2D eigenvalue weighted by atomic mass is 10.00. The summed E-state index contributed by atoms with van der Waals surface area (Å²) in [6.07, 6.45) is 0.327. The summed E-state index contributed by atoms with van der Waals surface area (Å²) in [6, 6.07) is 15.5. The van der Waals surface area contributed by atoms with Gasteiger partial charge in [0.05, 0.1) is 0 Å². The second-order valence-electron chi connectivity index (χ2n) is 8.99. The van der Waals surface area contributed by atoms with Crippen LogP contribution in [0.25, 0.3) is 0 Å². The number of carbonyl (C=O) groups excluding carboxylic acids is 4. The molecule has 0 saturated heterocycles. The van der Waals surface area contributed by atoms with E-state index in [-0.39, 0.29) is 19.4 Å². The number of rotatable bonds is 11. The Kier molecular flexibility index (Phi) is 9.94. The molecule has 2 rings (SSSR count). The normalized spacial score (nSPS) is 12.8. The van der Waals surface area contributed by atoms with Crippen molar-refractivity contribution in [3.05, 3.63) is 71.8 Å². The molecule has 0 spiro atoms. The fourth-order valence-electron chi connectivity index (χ4n) is 3.23. The minimum absolute atomic E-state index is 0.132. The van der Waals surface area contributed by atoms with Gasteiger partial charge in [-0.15, -0.1) is 0 Å². The summed E-state index contributed by atoms with van der Waals surface area (Å²) in [6.45, 7) is 5.52. The number of benzene rings is 2. The van der Waals surface area contributed by atoms with E-state index in [0.29, 0.717) is 5.56 Å². The van der Waals surface area contributed by atoms with Gasteiger partial charge in [-0.2, -0.15) is 0 Å². The molecule has 2 aromatic rings. The molecule has 34 heavy (non-hydrogen) atoms. The molecule has 0 fully saturated rings. The first-order chi connectivity index (χ1) is 16.1. The van der Waals surface area contributed by atoms with Crippen LogP contribution in [0.5, 0.6) is 0 Å². The van der Waals surface area contributed by atoms with Crippen LogP contribution in [0.15, 0.2) is 60.7 Å². The van der Waals surface area contributed by atoms with E-state index in [0.717, 1.165) is 5.56 Å². The maximum Gasteiger partial charge on any atom is 0.290 e. The molecule has 0 aliphatic heterocycles. The third-order valence-corrected chi connectivity index (χ3v) is 4.90. The lowest BCUT2D eigenvalue weighted by Crippen LogP contribution is -2.56. The monoisotopic (exact) mass is 467 g/mol. The molecule has 3 amide bonds. The number of carbonyl (C=O) groups is 4. The quantitative estimate of drug-likeness (QED) is 0.438. The van der Waals surface area contributed by atoms with E-state index < -0.39 is 41.1 Å². The van der Waals surface area contributed by atoms with Crippen LogP contribution in [-0.4, -0.2) is 54.8 Å². The number of methoxy groups -OCH3 is 1. The third-order valence-electron chi connectivity index (χ3n) is 4.90. The predicted octanol–water partition coefficient (Wildman–Crippen LogP) is 2.03. The van der Waals surface area contributed by atoms with Crippen molar-refractivity contribution in [3.8, 4) is 0 Å². The molecule has 0 aliphatic rings. The van der Waals surface area contributed by atoms with Gasteiger partial charge in [-0.1, -0.05) is 48.5 Å². The third kappa shape index (κ3) is 8.78. The Labute approximate surface area is 200 Å². The van der Waals surface area contributed by atoms with E-state index in [1.807, 2.05) is 30.3 Å². The van der Waals surface area contributed by atoms with E-state index in [2.05, 4.69) is 16.0 Å². The molecule has 8 heteroatoms. The molecular formula is C26H33N3O5. The van der Waals surface area contributed by atoms with Crippen molar-refractivity contribution in [1.29, 1.82) is 0 Å². The molecule has 0 bridgehead atoms. The number of amides is 3. The van der Waals surface area contributed by atoms with Gasteiger partial charge in [0.25, 0.3) is 11.8 Å². The maximum absolute atomic E-state index is 13.2. The van der Waals surface area contributed by atoms with E-state index in [4.69, 9.17) is 4.74 Å². The van der Waals surface area contributed by atoms with Crippen molar-refractivity contribution in [2.75, 3.05) is 13.7 Å². The molecule has 0 aliphatic carbocycles. The zero-order valence-electron chi connectivity index (χ0n) is 20.1. The molecule has 0 saturated carbocycles. The highest BCUT2D eigenvalue weighted by atomic mass is 16.5. The van der Waals surface area contributed by atoms with Gasteiger partial charge in [0.2, 0.25) is 11.7 Å². The second kappa shape index (κ2) is 12.6. The number of hydrogen-bond donors (Lipinski definition) is 3. The van der Waals surface area contributed by atoms with Crippen LogP contribution in [0.3, 0.4) is 0 Å². The number of ether oxygens (including phenoxy) is 1. The Morgan fingerprint density at radius 3 is 2.00 bits per heavy atom. The topological polar surface area (TPSA) is 114 Å². The number of hydrogen-bond acceptors (Lipinski definition) is 5. The maximum atomic E-state index is 13.2. The molecule has 0 aromatic heterocycles. The van der Waals surface area contributed by atoms with Gasteiger partial charge in [0.1, 0.15) is 12.1 Å². The van der Waals surface area contributed by atoms with Crippen LogP contribution in [0.4, 0.5) is 0 Å². The van der Waals surface area contributed by atoms with Gasteiger partial charge in [-0.05, 0) is 44.9 Å². The Morgan fingerprint density at radius 2 is 1.44 bits per heavy atom. The van der Waals surface area contributed by atoms with Crippen molar-refractivity contribution < 1.29 is 23.9 Å². The zero-order valence-corrected chi connectivity index (χ0v) is 20.1. The van der Waals surface area contributed by atoms with Crippen LogP contribution in [0, 0.1) is 0 Å². The lowest BCUT2D eigenvalue weighted by Gasteiger charge is -2.25. The summed E-state index contributed by atoms with van der Waals surface area (Å²) in [4.78, 5) is 51.4. The van der Waals surface area contributed by atoms with E-state index >= 15 is 0 Å². The number of ketones is 1. The lowest BCUT2D eigenvalue weighted by molar-refractivity contribution is -0.141. The summed E-state index contributed by atoms with van der Waals surface area (Å²) in [5.74, 6) is -2.53. The molecular weight excluding hydrogens is 434 g/mol. The van der Waals surface area contributed by atoms with Crippen LogP contribution in [0.2, 0.25) is 0 Å². The fourth-order valence-corrected chi connectivity index (χ4v) is 3.23. The highest BCUT2D eigenvalue weighted by molar-refractivity contribution is 6.38. The summed E-state index contributed by atoms with van der Waals surface area (Å²) >= 11 is 0. The van der Waals surface area contributed by atoms with Gasteiger partial charge in [-0.25, -0.2) is 0 Å². The largest absolute Gasteiger partial charge is 0.385 e. The van der Waals surface area contributed by atoms with E-state index in [1.165, 1.54) is 7.11 Å². The number of Topliss-reactive ketones (excluding diaryl/α,β-unsaturated/α-hetero) is 1. The minimum atomic E-state index is -1.10. The number of nitrogens with one attached hydrogen (secondary N) is 3. The molecule has 182 valence electrons. The standard InChI is InChI=1S/C26H33N3O5/c1-26(2,3)29-25(33)22(30)21(17-18-11-7-5-8-12-18)28-24(32)20(15-16-34-4)27-23(31)19-13-9-6-10-14-19/h5-14,20-21H,15-17H2,1-4H3,(H,27,31)(H,28,32)(H,29,33)/t20-,21?/m0/s1. The molecule has 1 unspecified atom stereocenters. The van der Waals surface area contributed by atoms with Crippen molar-refractivity contribution in [2.24, 2.45) is 0 Å². The summed E-state index contributed by atoms with van der Waals surface area (Å²) in [7, 11) is 1.49. The first kappa shape index (κ1) is 26.7. The summed E-state index contributed by atoms with van der Waals surface area (Å²) < 4.78 is 5.09. The average Bonchev–Trinajstić information content (AvgIpc) is 2.80. The van der Waals surface area contributed by atoms with Crippen molar-refractivity contribution in [2.45, 2.75) is 51.2 Å². The highest BCUT2D eigenvalue weighted by Gasteiger charge is 2.32. The molecule has 2 aromatic carbocycles. The van der Waals surface area contributed by atoms with Gasteiger partial charge in [0, 0.05) is 31.2 Å². The SMILES string of the molecule is COCC[C@H](NC(=O)c1ccccc1)C(=O)NC(Cc1ccccc1)C(=O)C(=O)NC(C)(C)C. The highest BCUT2D eigenvalue weighted by Crippen LogP contribution is 2.08. The zero-order chi connectivity index (χ0) is 25.1. The Hall–Kier alpha value is -3.52.